The van der Waals surface area contributed by atoms with Gasteiger partial charge in [0.2, 0.25) is 0 Å². The molecule has 0 saturated heterocycles. The number of carbonyl (C=O) groups is 3. The Hall–Kier alpha value is -2.37. The average molecular weight is 314 g/mol. The van der Waals surface area contributed by atoms with Gasteiger partial charge in [0, 0.05) is 17.2 Å². The highest BCUT2D eigenvalue weighted by Crippen LogP contribution is 1.97. The summed E-state index contributed by atoms with van der Waals surface area (Å²) >= 11 is 0. The van der Waals surface area contributed by atoms with Crippen LogP contribution in [0, 0.1) is 5.92 Å². The molecule has 22 heavy (non-hydrogen) atoms. The van der Waals surface area contributed by atoms with Crippen molar-refractivity contribution in [3.05, 3.63) is 37.0 Å². The normalized spacial score (nSPS) is 8.27. The fraction of sp³-hybridized carbons (Fsp3) is 0.438. The second-order valence-corrected chi connectivity index (χ2v) is 4.59. The van der Waals surface area contributed by atoms with E-state index in [1.54, 1.807) is 13.8 Å². The summed E-state index contributed by atoms with van der Waals surface area (Å²) in [7, 11) is 1.33. The molecular weight excluding hydrogens is 288 g/mol. The number of carbonyl (C=O) groups excluding carboxylic acids is 2. The number of aliphatic carboxylic acids is 1. The predicted octanol–water partition coefficient (Wildman–Crippen LogP) is 2.75. The molecule has 0 atom stereocenters. The zero-order valence-corrected chi connectivity index (χ0v) is 14.0. The highest BCUT2D eigenvalue weighted by molar-refractivity contribution is 5.87. The second-order valence-electron chi connectivity index (χ2n) is 4.59. The average Bonchev–Trinajstić information content (AvgIpc) is 2.44. The molecule has 0 fully saturated rings. The van der Waals surface area contributed by atoms with Crippen molar-refractivity contribution in [1.29, 1.82) is 0 Å². The maximum atomic E-state index is 10.7. The van der Waals surface area contributed by atoms with Gasteiger partial charge in [-0.2, -0.15) is 0 Å². The number of methoxy groups -OCH3 is 1. The van der Waals surface area contributed by atoms with E-state index in [1.807, 2.05) is 13.8 Å². The van der Waals surface area contributed by atoms with Crippen LogP contribution in [0.3, 0.4) is 0 Å². The summed E-state index contributed by atoms with van der Waals surface area (Å²) in [5.41, 5.74) is 0.892. The Balaban J connectivity index is -0.000000263. The molecule has 0 aliphatic rings. The molecule has 0 aromatic heterocycles. The highest BCUT2D eigenvalue weighted by Gasteiger charge is 2.03. The number of carboxylic acids is 1. The Kier molecular flexibility index (Phi) is 16.8. The Morgan fingerprint density at radius 1 is 1.09 bits per heavy atom. The van der Waals surface area contributed by atoms with Crippen LogP contribution in [0.5, 0.6) is 0 Å². The lowest BCUT2D eigenvalue weighted by Gasteiger charge is -2.05. The van der Waals surface area contributed by atoms with Gasteiger partial charge >= 0.3 is 17.9 Å². The van der Waals surface area contributed by atoms with Crippen molar-refractivity contribution in [2.75, 3.05) is 13.7 Å². The van der Waals surface area contributed by atoms with Crippen molar-refractivity contribution in [2.45, 2.75) is 27.7 Å². The molecule has 0 aliphatic heterocycles. The Labute approximate surface area is 132 Å². The van der Waals surface area contributed by atoms with E-state index in [-0.39, 0.29) is 11.9 Å². The van der Waals surface area contributed by atoms with Gasteiger partial charge in [0.15, 0.2) is 0 Å². The van der Waals surface area contributed by atoms with Gasteiger partial charge in [-0.1, -0.05) is 33.6 Å². The molecule has 6 nitrogen and oxygen atoms in total. The van der Waals surface area contributed by atoms with Crippen LogP contribution in [-0.2, 0) is 23.9 Å². The molecule has 0 unspecified atom stereocenters. The van der Waals surface area contributed by atoms with E-state index in [1.165, 1.54) is 7.11 Å². The first-order valence-electron chi connectivity index (χ1n) is 6.41. The summed E-state index contributed by atoms with van der Waals surface area (Å²) in [5.74, 6) is -1.23. The number of ether oxygens (including phenoxy) is 2. The molecular formula is C16H26O6. The molecule has 1 N–H and O–H groups in total. The van der Waals surface area contributed by atoms with Gasteiger partial charge < -0.3 is 14.6 Å². The lowest BCUT2D eigenvalue weighted by molar-refractivity contribution is -0.140. The summed E-state index contributed by atoms with van der Waals surface area (Å²) in [4.78, 5) is 30.2. The summed E-state index contributed by atoms with van der Waals surface area (Å²) in [6.45, 7) is 17.5. The Bertz CT molecular complexity index is 407. The number of hydrogen-bond acceptors (Lipinski definition) is 5. The third kappa shape index (κ3) is 22.8. The van der Waals surface area contributed by atoms with E-state index in [2.05, 4.69) is 24.5 Å². The number of carboxylic acid groups (broad SMARTS) is 1. The molecule has 0 aromatic carbocycles. The highest BCUT2D eigenvalue weighted by atomic mass is 16.5. The minimum absolute atomic E-state index is 0.297. The van der Waals surface area contributed by atoms with Crippen LogP contribution >= 0.6 is 0 Å². The van der Waals surface area contributed by atoms with E-state index >= 15 is 0 Å². The first kappa shape index (κ1) is 24.6. The minimum atomic E-state index is -0.981. The zero-order valence-electron chi connectivity index (χ0n) is 14.0. The van der Waals surface area contributed by atoms with E-state index in [0.717, 1.165) is 6.08 Å². The van der Waals surface area contributed by atoms with Crippen LogP contribution in [0.25, 0.3) is 0 Å². The molecule has 0 aromatic rings. The number of hydrogen-bond donors (Lipinski definition) is 1. The van der Waals surface area contributed by atoms with Gasteiger partial charge in [0.05, 0.1) is 13.7 Å². The largest absolute Gasteiger partial charge is 0.478 e. The monoisotopic (exact) mass is 314 g/mol. The molecule has 0 heterocycles. The molecule has 0 bridgehead atoms. The van der Waals surface area contributed by atoms with Crippen LogP contribution < -0.4 is 0 Å². The van der Waals surface area contributed by atoms with E-state index in [0.29, 0.717) is 23.7 Å². The van der Waals surface area contributed by atoms with Crippen LogP contribution in [-0.4, -0.2) is 36.7 Å². The van der Waals surface area contributed by atoms with E-state index < -0.39 is 5.97 Å². The van der Waals surface area contributed by atoms with Crippen LogP contribution in [0.15, 0.2) is 37.0 Å². The molecule has 0 saturated carbocycles. The molecule has 6 heteroatoms. The van der Waals surface area contributed by atoms with Crippen molar-refractivity contribution in [1.82, 2.24) is 0 Å². The number of rotatable bonds is 5. The Morgan fingerprint density at radius 2 is 1.45 bits per heavy atom. The first-order valence-corrected chi connectivity index (χ1v) is 6.41. The first-order chi connectivity index (χ1) is 9.99. The van der Waals surface area contributed by atoms with Gasteiger partial charge in [0.1, 0.15) is 0 Å². The van der Waals surface area contributed by atoms with Crippen molar-refractivity contribution in [3.8, 4) is 0 Å². The van der Waals surface area contributed by atoms with Gasteiger partial charge in [-0.15, -0.1) is 0 Å². The van der Waals surface area contributed by atoms with Crippen molar-refractivity contribution in [2.24, 2.45) is 5.92 Å². The second kappa shape index (κ2) is 15.0. The maximum Gasteiger partial charge on any atom is 0.333 e. The minimum Gasteiger partial charge on any atom is -0.478 e. The SMILES string of the molecule is C=C(C)C(=O)OC.C=C(C)C(=O)OCC(C)C.C=CC(=O)O. The summed E-state index contributed by atoms with van der Waals surface area (Å²) in [6, 6.07) is 0. The van der Waals surface area contributed by atoms with Crippen LogP contribution in [0.4, 0.5) is 0 Å². The van der Waals surface area contributed by atoms with Crippen LogP contribution in [0.1, 0.15) is 27.7 Å². The molecule has 0 amide bonds. The Morgan fingerprint density at radius 3 is 1.59 bits per heavy atom. The van der Waals surface area contributed by atoms with Gasteiger partial charge in [0.25, 0.3) is 0 Å². The smallest absolute Gasteiger partial charge is 0.333 e. The predicted molar refractivity (Wildman–Crippen MR) is 85.3 cm³/mol. The van der Waals surface area contributed by atoms with Crippen molar-refractivity contribution >= 4 is 17.9 Å². The topological polar surface area (TPSA) is 89.9 Å². The molecule has 0 radical (unpaired) electrons. The summed E-state index contributed by atoms with van der Waals surface area (Å²) in [6.07, 6.45) is 0.833. The quantitative estimate of drug-likeness (QED) is 0.620. The lowest BCUT2D eigenvalue weighted by Crippen LogP contribution is -2.09. The third-order valence-corrected chi connectivity index (χ3v) is 1.60. The van der Waals surface area contributed by atoms with Gasteiger partial charge in [-0.25, -0.2) is 14.4 Å². The summed E-state index contributed by atoms with van der Waals surface area (Å²) in [5, 5.41) is 7.60. The summed E-state index contributed by atoms with van der Waals surface area (Å²) < 4.78 is 9.10. The molecule has 126 valence electrons. The van der Waals surface area contributed by atoms with E-state index in [4.69, 9.17) is 9.84 Å². The van der Waals surface area contributed by atoms with Gasteiger partial charge in [-0.05, 0) is 19.8 Å². The molecule has 0 aliphatic carbocycles. The molecule has 0 spiro atoms. The standard InChI is InChI=1S/C8H14O2.C5H8O2.C3H4O2/c1-6(2)5-10-8(9)7(3)4;1-4(2)5(6)7-3;1-2-3(4)5/h6H,3,5H2,1-2,4H3;1H2,2-3H3;2H,1H2,(H,4,5). The third-order valence-electron chi connectivity index (χ3n) is 1.60. The van der Waals surface area contributed by atoms with Crippen molar-refractivity contribution in [3.63, 3.8) is 0 Å². The number of esters is 2. The maximum absolute atomic E-state index is 10.7. The lowest BCUT2D eigenvalue weighted by atomic mass is 10.2. The fourth-order valence-electron chi connectivity index (χ4n) is 0.540. The fourth-order valence-corrected chi connectivity index (χ4v) is 0.540. The van der Waals surface area contributed by atoms with Crippen LogP contribution in [0.2, 0.25) is 0 Å². The van der Waals surface area contributed by atoms with Gasteiger partial charge in [-0.3, -0.25) is 0 Å². The zero-order chi connectivity index (χ0) is 18.3. The molecule has 0 rings (SSSR count). The van der Waals surface area contributed by atoms with E-state index in [9.17, 15) is 14.4 Å². The van der Waals surface area contributed by atoms with Crippen molar-refractivity contribution < 1.29 is 29.0 Å².